The van der Waals surface area contributed by atoms with Crippen LogP contribution >= 0.6 is 0 Å². The fourth-order valence-electron chi connectivity index (χ4n) is 2.49. The predicted molar refractivity (Wildman–Crippen MR) is 103 cm³/mol. The second-order valence-electron chi connectivity index (χ2n) is 6.76. The van der Waals surface area contributed by atoms with Gasteiger partial charge in [0.05, 0.1) is 6.04 Å². The molecule has 1 aromatic rings. The lowest BCUT2D eigenvalue weighted by Gasteiger charge is -2.22. The Morgan fingerprint density at radius 3 is 2.46 bits per heavy atom. The molecule has 0 aliphatic heterocycles. The summed E-state index contributed by atoms with van der Waals surface area (Å²) >= 11 is 0. The van der Waals surface area contributed by atoms with Gasteiger partial charge in [0, 0.05) is 0 Å². The van der Waals surface area contributed by atoms with Crippen molar-refractivity contribution in [2.75, 3.05) is 0 Å². The quantitative estimate of drug-likeness (QED) is 0.628. The first-order chi connectivity index (χ1) is 12.5. The molecule has 0 unspecified atom stereocenters. The molecule has 0 fully saturated rings. The molecule has 0 saturated carbocycles. The van der Waals surface area contributed by atoms with Crippen LogP contribution in [0.1, 0.15) is 52.0 Å². The van der Waals surface area contributed by atoms with E-state index < -0.39 is 12.1 Å². The minimum absolute atomic E-state index is 0.159. The maximum Gasteiger partial charge on any atom is 0.408 e. The van der Waals surface area contributed by atoms with E-state index in [4.69, 9.17) is 11.2 Å². The van der Waals surface area contributed by atoms with Gasteiger partial charge in [-0.15, -0.1) is 6.42 Å². The second-order valence-corrected chi connectivity index (χ2v) is 6.76. The summed E-state index contributed by atoms with van der Waals surface area (Å²) in [6.45, 7) is 6.22. The highest BCUT2D eigenvalue weighted by atomic mass is 16.5. The number of alkyl carbamates (subject to hydrolysis) is 1. The van der Waals surface area contributed by atoms with Gasteiger partial charge in [-0.25, -0.2) is 4.79 Å². The lowest BCUT2D eigenvalue weighted by atomic mass is 10.0. The van der Waals surface area contributed by atoms with Crippen molar-refractivity contribution >= 4 is 12.0 Å². The summed E-state index contributed by atoms with van der Waals surface area (Å²) in [6, 6.07) is 8.40. The zero-order valence-electron chi connectivity index (χ0n) is 16.0. The van der Waals surface area contributed by atoms with Gasteiger partial charge in [-0.1, -0.05) is 69.9 Å². The number of amides is 2. The van der Waals surface area contributed by atoms with Crippen LogP contribution in [-0.4, -0.2) is 24.1 Å². The van der Waals surface area contributed by atoms with Crippen molar-refractivity contribution in [3.63, 3.8) is 0 Å². The van der Waals surface area contributed by atoms with Gasteiger partial charge in [0.2, 0.25) is 5.91 Å². The molecule has 0 radical (unpaired) electrons. The van der Waals surface area contributed by atoms with Crippen molar-refractivity contribution in [1.29, 1.82) is 0 Å². The Kier molecular flexibility index (Phi) is 9.93. The van der Waals surface area contributed by atoms with Crippen molar-refractivity contribution in [1.82, 2.24) is 10.6 Å². The van der Waals surface area contributed by atoms with E-state index in [-0.39, 0.29) is 24.5 Å². The molecular weight excluding hydrogens is 328 g/mol. The summed E-state index contributed by atoms with van der Waals surface area (Å²) < 4.78 is 5.22. The minimum Gasteiger partial charge on any atom is -0.445 e. The van der Waals surface area contributed by atoms with E-state index >= 15 is 0 Å². The fraction of sp³-hybridized carbons (Fsp3) is 0.524. The zero-order chi connectivity index (χ0) is 19.4. The fourth-order valence-corrected chi connectivity index (χ4v) is 2.49. The summed E-state index contributed by atoms with van der Waals surface area (Å²) in [5, 5.41) is 5.50. The average Bonchev–Trinajstić information content (AvgIpc) is 2.63. The van der Waals surface area contributed by atoms with E-state index in [9.17, 15) is 9.59 Å². The van der Waals surface area contributed by atoms with Crippen molar-refractivity contribution in [3.05, 3.63) is 35.9 Å². The van der Waals surface area contributed by atoms with Gasteiger partial charge in [0.25, 0.3) is 0 Å². The van der Waals surface area contributed by atoms with Gasteiger partial charge in [0.1, 0.15) is 12.6 Å². The number of rotatable bonds is 10. The topological polar surface area (TPSA) is 67.4 Å². The molecule has 5 nitrogen and oxygen atoms in total. The lowest BCUT2D eigenvalue weighted by Crippen LogP contribution is -2.50. The molecule has 0 aliphatic rings. The van der Waals surface area contributed by atoms with Gasteiger partial charge in [0.15, 0.2) is 0 Å². The highest BCUT2D eigenvalue weighted by Crippen LogP contribution is 2.08. The van der Waals surface area contributed by atoms with Crippen LogP contribution in [0.4, 0.5) is 4.79 Å². The summed E-state index contributed by atoms with van der Waals surface area (Å²) in [6.07, 6.45) is 8.08. The number of nitrogens with one attached hydrogen (secondary N) is 2. The summed E-state index contributed by atoms with van der Waals surface area (Å²) in [5.41, 5.74) is 0.888. The van der Waals surface area contributed by atoms with Gasteiger partial charge in [-0.3, -0.25) is 4.79 Å². The largest absolute Gasteiger partial charge is 0.445 e. The van der Waals surface area contributed by atoms with Crippen molar-refractivity contribution < 1.29 is 14.3 Å². The van der Waals surface area contributed by atoms with Crippen molar-refractivity contribution in [3.8, 4) is 12.3 Å². The van der Waals surface area contributed by atoms with E-state index in [2.05, 4.69) is 23.5 Å². The van der Waals surface area contributed by atoms with Crippen LogP contribution in [0.5, 0.6) is 0 Å². The Labute approximate surface area is 156 Å². The molecule has 1 rings (SSSR count). The summed E-state index contributed by atoms with van der Waals surface area (Å²) in [4.78, 5) is 24.6. The first-order valence-electron chi connectivity index (χ1n) is 9.20. The first-order valence-corrected chi connectivity index (χ1v) is 9.20. The third-order valence-electron chi connectivity index (χ3n) is 3.89. The van der Waals surface area contributed by atoms with E-state index in [0.717, 1.165) is 24.8 Å². The highest BCUT2D eigenvalue weighted by molar-refractivity contribution is 5.86. The summed E-state index contributed by atoms with van der Waals surface area (Å²) in [7, 11) is 0. The molecular formula is C21H30N2O3. The molecule has 142 valence electrons. The van der Waals surface area contributed by atoms with Crippen LogP contribution in [0, 0.1) is 18.3 Å². The number of unbranched alkanes of at least 4 members (excludes halogenated alkanes) is 1. The van der Waals surface area contributed by atoms with E-state index in [1.165, 1.54) is 0 Å². The monoisotopic (exact) mass is 358 g/mol. The van der Waals surface area contributed by atoms with Crippen molar-refractivity contribution in [2.24, 2.45) is 5.92 Å². The number of carbonyl (C=O) groups is 2. The lowest BCUT2D eigenvalue weighted by molar-refractivity contribution is -0.123. The Bertz CT molecular complexity index is 593. The molecule has 0 aliphatic carbocycles. The first kappa shape index (κ1) is 21.6. The van der Waals surface area contributed by atoms with Crippen LogP contribution in [-0.2, 0) is 16.1 Å². The number of hydrogen-bond acceptors (Lipinski definition) is 3. The smallest absolute Gasteiger partial charge is 0.408 e. The average molecular weight is 358 g/mol. The number of terminal acetylenes is 1. The molecule has 2 atom stereocenters. The Morgan fingerprint density at radius 2 is 1.88 bits per heavy atom. The van der Waals surface area contributed by atoms with Crippen LogP contribution in [0.2, 0.25) is 0 Å². The molecule has 0 bridgehead atoms. The third-order valence-corrected chi connectivity index (χ3v) is 3.89. The number of benzene rings is 1. The molecule has 2 amide bonds. The minimum atomic E-state index is -0.671. The molecule has 0 spiro atoms. The van der Waals surface area contributed by atoms with Crippen molar-refractivity contribution in [2.45, 2.75) is 65.1 Å². The van der Waals surface area contributed by atoms with Gasteiger partial charge in [-0.05, 0) is 24.3 Å². The van der Waals surface area contributed by atoms with Crippen LogP contribution in [0.15, 0.2) is 30.3 Å². The summed E-state index contributed by atoms with van der Waals surface area (Å²) in [5.74, 6) is 2.57. The maximum absolute atomic E-state index is 12.5. The van der Waals surface area contributed by atoms with Gasteiger partial charge in [-0.2, -0.15) is 0 Å². The third kappa shape index (κ3) is 8.57. The second kappa shape index (κ2) is 12.0. The molecule has 2 N–H and O–H groups in total. The zero-order valence-corrected chi connectivity index (χ0v) is 16.0. The number of ether oxygens (including phenoxy) is 1. The number of carbonyl (C=O) groups excluding carboxylic acids is 2. The normalized spacial score (nSPS) is 12.7. The Hall–Kier alpha value is -2.48. The van der Waals surface area contributed by atoms with Crippen LogP contribution < -0.4 is 10.6 Å². The number of hydrogen-bond donors (Lipinski definition) is 2. The highest BCUT2D eigenvalue weighted by Gasteiger charge is 2.24. The molecule has 26 heavy (non-hydrogen) atoms. The molecule has 0 saturated heterocycles. The van der Waals surface area contributed by atoms with Crippen LogP contribution in [0.25, 0.3) is 0 Å². The van der Waals surface area contributed by atoms with Gasteiger partial charge >= 0.3 is 6.09 Å². The van der Waals surface area contributed by atoms with Crippen LogP contribution in [0.3, 0.4) is 0 Å². The SMILES string of the molecule is C#C[C@H](CCCC)NC(=O)[C@H](CC(C)C)NC(=O)OCc1ccccc1. The molecule has 0 aromatic heterocycles. The predicted octanol–water partition coefficient (Wildman–Crippen LogP) is 3.64. The molecule has 5 heteroatoms. The van der Waals surface area contributed by atoms with E-state index in [0.29, 0.717) is 6.42 Å². The standard InChI is InChI=1S/C21H30N2O3/c1-5-7-13-18(6-2)22-20(24)19(14-16(3)4)23-21(25)26-15-17-11-9-8-10-12-17/h2,8-12,16,18-19H,5,7,13-15H2,1,3-4H3,(H,22,24)(H,23,25)/t18-,19+/m1/s1. The van der Waals surface area contributed by atoms with E-state index in [1.54, 1.807) is 0 Å². The molecule has 1 aromatic carbocycles. The Balaban J connectivity index is 2.59. The Morgan fingerprint density at radius 1 is 1.19 bits per heavy atom. The maximum atomic E-state index is 12.5. The molecule has 0 heterocycles. The van der Waals surface area contributed by atoms with E-state index in [1.807, 2.05) is 44.2 Å². The van der Waals surface area contributed by atoms with Gasteiger partial charge < -0.3 is 15.4 Å².